The van der Waals surface area contributed by atoms with Gasteiger partial charge in [-0.2, -0.15) is 13.2 Å². The van der Waals surface area contributed by atoms with E-state index >= 15 is 4.39 Å². The van der Waals surface area contributed by atoms with E-state index in [0.29, 0.717) is 28.0 Å². The lowest BCUT2D eigenvalue weighted by Gasteiger charge is -2.39. The highest BCUT2D eigenvalue weighted by Gasteiger charge is 2.43. The first-order valence-electron chi connectivity index (χ1n) is 12.7. The number of fused-ring (bicyclic) bond motifs is 1. The monoisotopic (exact) mass is 630 g/mol. The molecule has 0 aliphatic carbocycles. The first-order valence-corrected chi connectivity index (χ1v) is 13.5. The van der Waals surface area contributed by atoms with Crippen molar-refractivity contribution in [3.8, 4) is 5.75 Å². The molecule has 2 aromatic carbocycles. The van der Waals surface area contributed by atoms with Gasteiger partial charge in [0.2, 0.25) is 5.43 Å². The third kappa shape index (κ3) is 5.80. The van der Waals surface area contributed by atoms with Crippen molar-refractivity contribution in [2.24, 2.45) is 0 Å². The van der Waals surface area contributed by atoms with Crippen LogP contribution in [0, 0.1) is 5.82 Å². The summed E-state index contributed by atoms with van der Waals surface area (Å²) in [5.74, 6) is -2.17. The maximum atomic E-state index is 15.7. The molecule has 0 bridgehead atoms. The second kappa shape index (κ2) is 11.2. The molecule has 0 radical (unpaired) electrons. The van der Waals surface area contributed by atoms with Crippen molar-refractivity contribution in [1.82, 2.24) is 15.2 Å². The Hall–Kier alpha value is -3.71. The molecule has 2 saturated heterocycles. The first-order chi connectivity index (χ1) is 19.8. The minimum Gasteiger partial charge on any atom is -0.492 e. The molecule has 42 heavy (non-hydrogen) atoms. The molecule has 2 amide bonds. The van der Waals surface area contributed by atoms with Crippen molar-refractivity contribution in [3.05, 3.63) is 67.7 Å². The number of rotatable bonds is 6. The predicted octanol–water partition coefficient (Wildman–Crippen LogP) is 5.03. The van der Waals surface area contributed by atoms with E-state index in [0.717, 1.165) is 19.4 Å². The van der Waals surface area contributed by atoms with Gasteiger partial charge in [0, 0.05) is 35.9 Å². The number of methoxy groups -OCH3 is 1. The molecule has 2 N–H and O–H groups in total. The Bertz CT molecular complexity index is 1640. The summed E-state index contributed by atoms with van der Waals surface area (Å²) in [4.78, 5) is 39.6. The molecule has 2 aliphatic rings. The van der Waals surface area contributed by atoms with Crippen LogP contribution in [0.5, 0.6) is 5.75 Å². The highest BCUT2D eigenvalue weighted by molar-refractivity contribution is 6.35. The van der Waals surface area contributed by atoms with Gasteiger partial charge in [-0.15, -0.1) is 0 Å². The molecule has 1 aromatic heterocycles. The Labute approximate surface area is 246 Å². The lowest BCUT2D eigenvalue weighted by Crippen LogP contribution is -2.52. The minimum absolute atomic E-state index is 0.130. The van der Waals surface area contributed by atoms with Gasteiger partial charge in [-0.1, -0.05) is 29.3 Å². The summed E-state index contributed by atoms with van der Waals surface area (Å²) in [5, 5.41) is 5.37. The number of alkyl carbamates (subject to hydrolysis) is 1. The number of halogens is 6. The fraction of sp³-hybridized carbons (Fsp3) is 0.370. The maximum absolute atomic E-state index is 15.7. The molecule has 2 aliphatic heterocycles. The van der Waals surface area contributed by atoms with E-state index in [1.165, 1.54) is 12.1 Å². The Morgan fingerprint density at radius 2 is 1.90 bits per heavy atom. The normalized spacial score (nSPS) is 16.5. The molecule has 1 spiro atoms. The number of aromatic nitrogens is 1. The highest BCUT2D eigenvalue weighted by Crippen LogP contribution is 2.41. The minimum atomic E-state index is -4.76. The lowest BCUT2D eigenvalue weighted by molar-refractivity contribution is -0.140. The highest BCUT2D eigenvalue weighted by atomic mass is 35.5. The maximum Gasteiger partial charge on any atom is 0.407 e. The molecule has 15 heteroatoms. The summed E-state index contributed by atoms with van der Waals surface area (Å²) in [5.41, 5.74) is -2.21. The summed E-state index contributed by atoms with van der Waals surface area (Å²) in [6.07, 6.45) is -3.76. The van der Waals surface area contributed by atoms with Gasteiger partial charge in [0.1, 0.15) is 24.4 Å². The van der Waals surface area contributed by atoms with Gasteiger partial charge < -0.3 is 29.6 Å². The van der Waals surface area contributed by atoms with Crippen LogP contribution in [0.3, 0.4) is 0 Å². The number of nitrogens with zero attached hydrogens (tertiary/aromatic N) is 2. The average molecular weight is 631 g/mol. The van der Waals surface area contributed by atoms with E-state index < -0.39 is 52.5 Å². The van der Waals surface area contributed by atoms with Crippen molar-refractivity contribution < 1.29 is 36.6 Å². The smallest absolute Gasteiger partial charge is 0.407 e. The number of carbonyl (C=O) groups excluding carboxylic acids is 2. The lowest BCUT2D eigenvalue weighted by atomic mass is 9.88. The van der Waals surface area contributed by atoms with Crippen molar-refractivity contribution in [2.75, 3.05) is 31.7 Å². The van der Waals surface area contributed by atoms with E-state index in [4.69, 9.17) is 32.7 Å². The number of benzene rings is 2. The molecule has 3 heterocycles. The van der Waals surface area contributed by atoms with Gasteiger partial charge in [0.25, 0.3) is 5.91 Å². The van der Waals surface area contributed by atoms with Gasteiger partial charge in [-0.05, 0) is 36.6 Å². The Morgan fingerprint density at radius 1 is 1.19 bits per heavy atom. The number of ether oxygens (including phenoxy) is 2. The van der Waals surface area contributed by atoms with Gasteiger partial charge in [-0.25, -0.2) is 9.18 Å². The number of piperidine rings is 1. The summed E-state index contributed by atoms with van der Waals surface area (Å²) in [7, 11) is 1.16. The third-order valence-corrected chi connectivity index (χ3v) is 7.97. The van der Waals surface area contributed by atoms with Gasteiger partial charge in [0.15, 0.2) is 11.6 Å². The predicted molar refractivity (Wildman–Crippen MR) is 147 cm³/mol. The molecule has 9 nitrogen and oxygen atoms in total. The second-order valence-corrected chi connectivity index (χ2v) is 11.0. The van der Waals surface area contributed by atoms with Crippen molar-refractivity contribution >= 4 is 51.8 Å². The number of carbonyl (C=O) groups is 2. The zero-order chi connectivity index (χ0) is 30.4. The van der Waals surface area contributed by atoms with Crippen LogP contribution in [0.15, 0.2) is 35.3 Å². The molecule has 3 aromatic rings. The number of anilines is 1. The number of alkyl halides is 3. The zero-order valence-corrected chi connectivity index (χ0v) is 23.6. The average Bonchev–Trinajstić information content (AvgIpc) is 3.28. The quantitative estimate of drug-likeness (QED) is 0.371. The fourth-order valence-corrected chi connectivity index (χ4v) is 5.79. The van der Waals surface area contributed by atoms with E-state index in [-0.39, 0.29) is 48.2 Å². The van der Waals surface area contributed by atoms with Gasteiger partial charge in [0.05, 0.1) is 23.6 Å². The number of cyclic esters (lactones) is 1. The topological polar surface area (TPSA) is 102 Å². The Morgan fingerprint density at radius 3 is 2.50 bits per heavy atom. The number of nitrogens with one attached hydrogen (secondary N) is 2. The Kier molecular flexibility index (Phi) is 7.92. The van der Waals surface area contributed by atoms with Crippen LogP contribution in [0.1, 0.15) is 28.8 Å². The van der Waals surface area contributed by atoms with Crippen LogP contribution in [0.25, 0.3) is 10.9 Å². The Balaban J connectivity index is 1.55. The van der Waals surface area contributed by atoms with Crippen molar-refractivity contribution in [2.45, 2.75) is 37.6 Å². The standard InChI is InChI=1S/C27H24Cl2F4N4O5/c1-41-23-20-16(9-19(30)21(23)36-6-4-26(5-7-36)13-42-25(40)35-26)22(38)17(11-37(20)12-27(31,32)33)24(39)34-10-14-2-3-15(28)8-18(14)29/h2-3,8-9,11H,4-7,10,12-13H2,1H3,(H,34,39)(H,35,40). The van der Waals surface area contributed by atoms with Crippen LogP contribution in [-0.2, 0) is 17.8 Å². The largest absolute Gasteiger partial charge is 0.492 e. The molecule has 0 unspecified atom stereocenters. The number of hydrogen-bond donors (Lipinski definition) is 2. The summed E-state index contributed by atoms with van der Waals surface area (Å²) in [6.45, 7) is -1.14. The summed E-state index contributed by atoms with van der Waals surface area (Å²) < 4.78 is 68.0. The van der Waals surface area contributed by atoms with E-state index in [2.05, 4.69) is 10.6 Å². The van der Waals surface area contributed by atoms with Crippen LogP contribution in [0.4, 0.5) is 28.0 Å². The SMILES string of the molecule is COc1c(N2CCC3(CC2)COC(=O)N3)c(F)cc2c(=O)c(C(=O)NCc3ccc(Cl)cc3Cl)cn(CC(F)(F)F)c12. The number of pyridine rings is 1. The molecule has 224 valence electrons. The van der Waals surface area contributed by atoms with Gasteiger partial charge >= 0.3 is 12.3 Å². The van der Waals surface area contributed by atoms with E-state index in [9.17, 15) is 27.6 Å². The fourth-order valence-electron chi connectivity index (χ4n) is 5.31. The first kappa shape index (κ1) is 29.8. The van der Waals surface area contributed by atoms with Crippen molar-refractivity contribution in [3.63, 3.8) is 0 Å². The molecule has 5 rings (SSSR count). The van der Waals surface area contributed by atoms with Crippen LogP contribution in [0.2, 0.25) is 10.0 Å². The molecule has 2 fully saturated rings. The third-order valence-electron chi connectivity index (χ3n) is 7.38. The van der Waals surface area contributed by atoms with E-state index in [1.807, 2.05) is 0 Å². The molecular weight excluding hydrogens is 607 g/mol. The number of hydrogen-bond acceptors (Lipinski definition) is 6. The molecular formula is C27H24Cl2F4N4O5. The zero-order valence-electron chi connectivity index (χ0n) is 22.0. The van der Waals surface area contributed by atoms with Crippen LogP contribution >= 0.6 is 23.2 Å². The van der Waals surface area contributed by atoms with E-state index in [1.54, 1.807) is 11.0 Å². The van der Waals surface area contributed by atoms with Crippen molar-refractivity contribution in [1.29, 1.82) is 0 Å². The number of amides is 2. The summed E-state index contributed by atoms with van der Waals surface area (Å²) in [6, 6.07) is 5.35. The molecule has 0 saturated carbocycles. The summed E-state index contributed by atoms with van der Waals surface area (Å²) >= 11 is 12.0. The van der Waals surface area contributed by atoms with Gasteiger partial charge in [-0.3, -0.25) is 9.59 Å². The van der Waals surface area contributed by atoms with Crippen LogP contribution < -0.4 is 25.7 Å². The second-order valence-electron chi connectivity index (χ2n) is 10.1. The van der Waals surface area contributed by atoms with Crippen LogP contribution in [-0.4, -0.2) is 55.1 Å². The molecule has 0 atom stereocenters.